The zero-order chi connectivity index (χ0) is 15.7. The molecule has 0 saturated carbocycles. The van der Waals surface area contributed by atoms with E-state index in [1.165, 1.54) is 30.5 Å². The van der Waals surface area contributed by atoms with Gasteiger partial charge in [0.15, 0.2) is 5.43 Å². The van der Waals surface area contributed by atoms with Gasteiger partial charge in [-0.15, -0.1) is 0 Å². The van der Waals surface area contributed by atoms with Crippen LogP contribution in [0.15, 0.2) is 64.0 Å². The van der Waals surface area contributed by atoms with Crippen LogP contribution in [0.1, 0.15) is 17.2 Å². The number of aliphatic hydroxyl groups is 1. The van der Waals surface area contributed by atoms with Crippen molar-refractivity contribution in [1.29, 1.82) is 0 Å². The molecule has 0 radical (unpaired) electrons. The number of hydrogen-bond acceptors (Lipinski definition) is 5. The largest absolute Gasteiger partial charge is 0.464 e. The Labute approximate surface area is 124 Å². The molecule has 0 aliphatic rings. The van der Waals surface area contributed by atoms with E-state index >= 15 is 0 Å². The molecule has 22 heavy (non-hydrogen) atoms. The molecule has 1 heterocycles. The highest BCUT2D eigenvalue weighted by Gasteiger charge is 2.18. The van der Waals surface area contributed by atoms with E-state index < -0.39 is 11.0 Å². The highest BCUT2D eigenvalue weighted by Crippen LogP contribution is 2.23. The van der Waals surface area contributed by atoms with Crippen LogP contribution in [0, 0.1) is 10.1 Å². The Morgan fingerprint density at radius 3 is 2.45 bits per heavy atom. The molecule has 110 valence electrons. The van der Waals surface area contributed by atoms with Crippen molar-refractivity contribution in [2.75, 3.05) is 0 Å². The molecule has 1 atom stereocenters. The van der Waals surface area contributed by atoms with Crippen molar-refractivity contribution in [2.24, 2.45) is 0 Å². The van der Waals surface area contributed by atoms with Crippen molar-refractivity contribution < 1.29 is 14.4 Å². The first-order valence-electron chi connectivity index (χ1n) is 6.51. The van der Waals surface area contributed by atoms with Gasteiger partial charge in [0, 0.05) is 12.1 Å². The summed E-state index contributed by atoms with van der Waals surface area (Å²) in [4.78, 5) is 22.5. The number of benzene rings is 2. The minimum absolute atomic E-state index is 0.0819. The monoisotopic (exact) mass is 297 g/mol. The zero-order valence-electron chi connectivity index (χ0n) is 11.3. The second-order valence-corrected chi connectivity index (χ2v) is 4.77. The molecule has 0 aliphatic heterocycles. The zero-order valence-corrected chi connectivity index (χ0v) is 11.3. The minimum atomic E-state index is -1.21. The molecule has 0 fully saturated rings. The normalized spacial score (nSPS) is 12.2. The number of para-hydroxylation sites is 1. The number of rotatable bonds is 3. The van der Waals surface area contributed by atoms with Gasteiger partial charge in [0.25, 0.3) is 5.69 Å². The van der Waals surface area contributed by atoms with Gasteiger partial charge in [0.1, 0.15) is 18.0 Å². The second-order valence-electron chi connectivity index (χ2n) is 4.77. The fourth-order valence-electron chi connectivity index (χ4n) is 2.24. The summed E-state index contributed by atoms with van der Waals surface area (Å²) < 4.78 is 5.36. The number of hydrogen-bond donors (Lipinski definition) is 1. The van der Waals surface area contributed by atoms with Gasteiger partial charge in [-0.1, -0.05) is 12.1 Å². The number of nitro groups is 1. The molecule has 1 aromatic heterocycles. The predicted molar refractivity (Wildman–Crippen MR) is 79.6 cm³/mol. The third-order valence-corrected chi connectivity index (χ3v) is 3.42. The number of aliphatic hydroxyl groups excluding tert-OH is 1. The van der Waals surface area contributed by atoms with Crippen molar-refractivity contribution in [3.05, 3.63) is 86.3 Å². The van der Waals surface area contributed by atoms with Gasteiger partial charge in [-0.25, -0.2) is 0 Å². The third-order valence-electron chi connectivity index (χ3n) is 3.42. The van der Waals surface area contributed by atoms with Crippen LogP contribution in [0.5, 0.6) is 0 Å². The van der Waals surface area contributed by atoms with Crippen molar-refractivity contribution in [3.63, 3.8) is 0 Å². The molecule has 0 bridgehead atoms. The Morgan fingerprint density at radius 2 is 1.77 bits per heavy atom. The van der Waals surface area contributed by atoms with Crippen molar-refractivity contribution in [2.45, 2.75) is 6.10 Å². The molecule has 3 rings (SSSR count). The van der Waals surface area contributed by atoms with Crippen LogP contribution in [0.2, 0.25) is 0 Å². The summed E-state index contributed by atoms with van der Waals surface area (Å²) in [6.07, 6.45) is 0.0122. The molecule has 1 N–H and O–H groups in total. The second kappa shape index (κ2) is 5.42. The van der Waals surface area contributed by atoms with Gasteiger partial charge < -0.3 is 9.52 Å². The number of fused-ring (bicyclic) bond motifs is 1. The Hall–Kier alpha value is -2.99. The van der Waals surface area contributed by atoms with Crippen molar-refractivity contribution in [3.8, 4) is 0 Å². The molecule has 3 aromatic rings. The maximum Gasteiger partial charge on any atom is 0.269 e. The third kappa shape index (κ3) is 2.36. The maximum atomic E-state index is 12.4. The smallest absolute Gasteiger partial charge is 0.269 e. The summed E-state index contributed by atoms with van der Waals surface area (Å²) in [6, 6.07) is 12.1. The molecule has 0 saturated heterocycles. The first kappa shape index (κ1) is 14.0. The Morgan fingerprint density at radius 1 is 1.09 bits per heavy atom. The molecular formula is C16H11NO5. The van der Waals surface area contributed by atoms with Crippen LogP contribution in [0.4, 0.5) is 5.69 Å². The summed E-state index contributed by atoms with van der Waals surface area (Å²) in [5, 5.41) is 21.3. The van der Waals surface area contributed by atoms with Crippen LogP contribution in [0.3, 0.4) is 0 Å². The van der Waals surface area contributed by atoms with E-state index in [4.69, 9.17) is 4.42 Å². The Balaban J connectivity index is 2.05. The summed E-state index contributed by atoms with van der Waals surface area (Å²) >= 11 is 0. The molecule has 1 unspecified atom stereocenters. The van der Waals surface area contributed by atoms with E-state index in [1.807, 2.05) is 0 Å². The topological polar surface area (TPSA) is 93.6 Å². The SMILES string of the molecule is O=c1c(C(O)c2ccc([N+](=O)[O-])cc2)coc2ccccc12. The average Bonchev–Trinajstić information content (AvgIpc) is 2.55. The van der Waals surface area contributed by atoms with Gasteiger partial charge in [0.2, 0.25) is 0 Å². The van der Waals surface area contributed by atoms with Gasteiger partial charge in [-0.05, 0) is 29.8 Å². The molecular weight excluding hydrogens is 286 g/mol. The number of nitrogens with zero attached hydrogens (tertiary/aromatic N) is 1. The van der Waals surface area contributed by atoms with Crippen LogP contribution in [0.25, 0.3) is 11.0 Å². The minimum Gasteiger partial charge on any atom is -0.464 e. The molecule has 0 spiro atoms. The van der Waals surface area contributed by atoms with Crippen molar-refractivity contribution in [1.82, 2.24) is 0 Å². The Kier molecular flexibility index (Phi) is 3.44. The summed E-state index contributed by atoms with van der Waals surface area (Å²) in [6.45, 7) is 0. The van der Waals surface area contributed by atoms with E-state index in [2.05, 4.69) is 0 Å². The first-order valence-corrected chi connectivity index (χ1v) is 6.51. The molecule has 2 aromatic carbocycles. The standard InChI is InChI=1S/C16H11NO5/c18-15(10-5-7-11(8-6-10)17(20)21)13-9-22-14-4-2-1-3-12(14)16(13)19/h1-9,15,18H. The molecule has 0 amide bonds. The lowest BCUT2D eigenvalue weighted by Crippen LogP contribution is -2.14. The predicted octanol–water partition coefficient (Wildman–Crippen LogP) is 2.78. The number of nitro benzene ring substituents is 1. The van der Waals surface area contributed by atoms with E-state index in [0.29, 0.717) is 16.5 Å². The van der Waals surface area contributed by atoms with Gasteiger partial charge in [0.05, 0.1) is 15.9 Å². The fraction of sp³-hybridized carbons (Fsp3) is 0.0625. The molecule has 6 heteroatoms. The summed E-state index contributed by atoms with van der Waals surface area (Å²) in [5.74, 6) is 0. The molecule has 6 nitrogen and oxygen atoms in total. The van der Waals surface area contributed by atoms with E-state index in [0.717, 1.165) is 0 Å². The quantitative estimate of drug-likeness (QED) is 0.592. The van der Waals surface area contributed by atoms with Crippen LogP contribution in [-0.4, -0.2) is 10.0 Å². The first-order chi connectivity index (χ1) is 10.6. The van der Waals surface area contributed by atoms with E-state index in [9.17, 15) is 20.0 Å². The van der Waals surface area contributed by atoms with Crippen molar-refractivity contribution >= 4 is 16.7 Å². The van der Waals surface area contributed by atoms with Gasteiger partial charge >= 0.3 is 0 Å². The van der Waals surface area contributed by atoms with Gasteiger partial charge in [-0.2, -0.15) is 0 Å². The van der Waals surface area contributed by atoms with E-state index in [1.54, 1.807) is 24.3 Å². The number of non-ortho nitro benzene ring substituents is 1. The van der Waals surface area contributed by atoms with Crippen LogP contribution in [-0.2, 0) is 0 Å². The Bertz CT molecular complexity index is 898. The van der Waals surface area contributed by atoms with Crippen LogP contribution < -0.4 is 5.43 Å². The highest BCUT2D eigenvalue weighted by molar-refractivity contribution is 5.76. The summed E-state index contributed by atoms with van der Waals surface area (Å²) in [5.41, 5.74) is 0.502. The van der Waals surface area contributed by atoms with Crippen LogP contribution >= 0.6 is 0 Å². The average molecular weight is 297 g/mol. The van der Waals surface area contributed by atoms with E-state index in [-0.39, 0.29) is 16.7 Å². The lowest BCUT2D eigenvalue weighted by Gasteiger charge is -2.10. The fourth-order valence-corrected chi connectivity index (χ4v) is 2.24. The summed E-state index contributed by atoms with van der Waals surface area (Å²) in [7, 11) is 0. The van der Waals surface area contributed by atoms with Gasteiger partial charge in [-0.3, -0.25) is 14.9 Å². The lowest BCUT2D eigenvalue weighted by atomic mass is 10.0. The highest BCUT2D eigenvalue weighted by atomic mass is 16.6. The molecule has 0 aliphatic carbocycles. The maximum absolute atomic E-state index is 12.4. The lowest BCUT2D eigenvalue weighted by molar-refractivity contribution is -0.384.